The van der Waals surface area contributed by atoms with Crippen molar-refractivity contribution < 1.29 is 23.4 Å². The lowest BCUT2D eigenvalue weighted by Gasteiger charge is -2.14. The SMILES string of the molecule is COc1cc(OC)c(NC(=O)CNc2ccc(F)cc2OC)cc1Cl. The topological polar surface area (TPSA) is 68.8 Å². The molecule has 0 aliphatic heterocycles. The number of ether oxygens (including phenoxy) is 3. The Labute approximate surface area is 149 Å². The van der Waals surface area contributed by atoms with Crippen LogP contribution in [0.2, 0.25) is 5.02 Å². The maximum Gasteiger partial charge on any atom is 0.243 e. The first-order chi connectivity index (χ1) is 12.0. The molecule has 0 aromatic heterocycles. The van der Waals surface area contributed by atoms with Crippen LogP contribution >= 0.6 is 11.6 Å². The van der Waals surface area contributed by atoms with Crippen LogP contribution in [0.5, 0.6) is 17.2 Å². The smallest absolute Gasteiger partial charge is 0.243 e. The highest BCUT2D eigenvalue weighted by Gasteiger charge is 2.13. The minimum absolute atomic E-state index is 0.0607. The van der Waals surface area contributed by atoms with Crippen molar-refractivity contribution in [2.24, 2.45) is 0 Å². The first-order valence-electron chi connectivity index (χ1n) is 7.27. The molecule has 0 aliphatic carbocycles. The standard InChI is InChI=1S/C17H18ClFN2O4/c1-23-14-8-16(25-3)13(7-11(14)18)21-17(22)9-20-12-5-4-10(19)6-15(12)24-2/h4-8,20H,9H2,1-3H3,(H,21,22). The molecule has 2 aromatic carbocycles. The molecule has 0 saturated heterocycles. The average molecular weight is 369 g/mol. The van der Waals surface area contributed by atoms with Gasteiger partial charge in [0, 0.05) is 12.1 Å². The second kappa shape index (κ2) is 8.43. The van der Waals surface area contributed by atoms with Gasteiger partial charge in [0.25, 0.3) is 0 Å². The molecule has 0 saturated carbocycles. The number of nitrogens with one attached hydrogen (secondary N) is 2. The van der Waals surface area contributed by atoms with Crippen LogP contribution < -0.4 is 24.8 Å². The van der Waals surface area contributed by atoms with Crippen LogP contribution in [0.15, 0.2) is 30.3 Å². The van der Waals surface area contributed by atoms with E-state index < -0.39 is 5.82 Å². The Morgan fingerprint density at radius 1 is 1.00 bits per heavy atom. The van der Waals surface area contributed by atoms with Gasteiger partial charge >= 0.3 is 0 Å². The first-order valence-corrected chi connectivity index (χ1v) is 7.65. The summed E-state index contributed by atoms with van der Waals surface area (Å²) >= 11 is 6.07. The Morgan fingerprint density at radius 3 is 2.28 bits per heavy atom. The molecule has 134 valence electrons. The average Bonchev–Trinajstić information content (AvgIpc) is 2.60. The van der Waals surface area contributed by atoms with Gasteiger partial charge in [-0.2, -0.15) is 0 Å². The molecule has 1 amide bonds. The second-order valence-electron chi connectivity index (χ2n) is 4.93. The predicted octanol–water partition coefficient (Wildman–Crippen LogP) is 3.56. The fraction of sp³-hybridized carbons (Fsp3) is 0.235. The Morgan fingerprint density at radius 2 is 1.64 bits per heavy atom. The van der Waals surface area contributed by atoms with Gasteiger partial charge in [0.15, 0.2) is 0 Å². The molecule has 0 spiro atoms. The Kier molecular flexibility index (Phi) is 6.30. The lowest BCUT2D eigenvalue weighted by molar-refractivity contribution is -0.114. The summed E-state index contributed by atoms with van der Waals surface area (Å²) in [5, 5.41) is 5.91. The number of methoxy groups -OCH3 is 3. The van der Waals surface area contributed by atoms with Crippen molar-refractivity contribution in [1.82, 2.24) is 0 Å². The van der Waals surface area contributed by atoms with E-state index in [4.69, 9.17) is 25.8 Å². The van der Waals surface area contributed by atoms with E-state index in [0.29, 0.717) is 33.6 Å². The summed E-state index contributed by atoms with van der Waals surface area (Å²) in [6, 6.07) is 7.11. The zero-order chi connectivity index (χ0) is 18.4. The minimum Gasteiger partial charge on any atom is -0.495 e. The summed E-state index contributed by atoms with van der Waals surface area (Å²) in [5.41, 5.74) is 0.907. The van der Waals surface area contributed by atoms with E-state index >= 15 is 0 Å². The Hall–Kier alpha value is -2.67. The van der Waals surface area contributed by atoms with Crippen molar-refractivity contribution in [3.63, 3.8) is 0 Å². The third kappa shape index (κ3) is 4.67. The van der Waals surface area contributed by atoms with E-state index in [9.17, 15) is 9.18 Å². The van der Waals surface area contributed by atoms with Crippen molar-refractivity contribution in [1.29, 1.82) is 0 Å². The van der Waals surface area contributed by atoms with Gasteiger partial charge in [0.05, 0.1) is 44.3 Å². The number of amides is 1. The molecule has 6 nitrogen and oxygen atoms in total. The van der Waals surface area contributed by atoms with E-state index in [0.717, 1.165) is 0 Å². The fourth-order valence-electron chi connectivity index (χ4n) is 2.14. The third-order valence-corrected chi connectivity index (χ3v) is 3.65. The Bertz CT molecular complexity index is 771. The van der Waals surface area contributed by atoms with Gasteiger partial charge in [-0.1, -0.05) is 11.6 Å². The summed E-state index contributed by atoms with van der Waals surface area (Å²) in [6.45, 7) is -0.0607. The van der Waals surface area contributed by atoms with Gasteiger partial charge in [0.2, 0.25) is 5.91 Å². The summed E-state index contributed by atoms with van der Waals surface area (Å²) < 4.78 is 28.6. The largest absolute Gasteiger partial charge is 0.495 e. The van der Waals surface area contributed by atoms with Crippen molar-refractivity contribution in [2.45, 2.75) is 0 Å². The van der Waals surface area contributed by atoms with Gasteiger partial charge in [-0.25, -0.2) is 4.39 Å². The normalized spacial score (nSPS) is 10.1. The number of hydrogen-bond donors (Lipinski definition) is 2. The lowest BCUT2D eigenvalue weighted by Crippen LogP contribution is -2.22. The molecule has 0 heterocycles. The van der Waals surface area contributed by atoms with Crippen molar-refractivity contribution >= 4 is 28.9 Å². The van der Waals surface area contributed by atoms with Crippen LogP contribution in [-0.4, -0.2) is 33.8 Å². The number of benzene rings is 2. The number of hydrogen-bond acceptors (Lipinski definition) is 5. The molecule has 0 unspecified atom stereocenters. The van der Waals surface area contributed by atoms with Gasteiger partial charge in [-0.15, -0.1) is 0 Å². The highest BCUT2D eigenvalue weighted by Crippen LogP contribution is 2.35. The molecule has 2 rings (SSSR count). The van der Waals surface area contributed by atoms with Crippen molar-refractivity contribution in [2.75, 3.05) is 38.5 Å². The molecule has 0 atom stereocenters. The number of carbonyl (C=O) groups excluding carboxylic acids is 1. The maximum absolute atomic E-state index is 13.2. The van der Waals surface area contributed by atoms with Gasteiger partial charge in [-0.3, -0.25) is 4.79 Å². The first kappa shape index (κ1) is 18.7. The summed E-state index contributed by atoms with van der Waals surface area (Å²) in [4.78, 5) is 12.2. The maximum atomic E-state index is 13.2. The molecule has 0 radical (unpaired) electrons. The van der Waals surface area contributed by atoms with Gasteiger partial charge in [-0.05, 0) is 18.2 Å². The Balaban J connectivity index is 2.07. The fourth-order valence-corrected chi connectivity index (χ4v) is 2.38. The molecule has 2 aromatic rings. The van der Waals surface area contributed by atoms with Crippen molar-refractivity contribution in [3.8, 4) is 17.2 Å². The number of rotatable bonds is 7. The summed E-state index contributed by atoms with van der Waals surface area (Å²) in [6.07, 6.45) is 0. The molecule has 8 heteroatoms. The van der Waals surface area contributed by atoms with E-state index in [-0.39, 0.29) is 12.5 Å². The quantitative estimate of drug-likeness (QED) is 0.782. The summed E-state index contributed by atoms with van der Waals surface area (Å²) in [5.74, 6) is 0.382. The number of carbonyl (C=O) groups is 1. The van der Waals surface area contributed by atoms with E-state index in [2.05, 4.69) is 10.6 Å². The molecule has 0 bridgehead atoms. The molecular formula is C17H18ClFN2O4. The van der Waals surface area contributed by atoms with Gasteiger partial charge < -0.3 is 24.8 Å². The number of anilines is 2. The molecule has 0 aliphatic rings. The highest BCUT2D eigenvalue weighted by atomic mass is 35.5. The van der Waals surface area contributed by atoms with Crippen LogP contribution in [0.1, 0.15) is 0 Å². The highest BCUT2D eigenvalue weighted by molar-refractivity contribution is 6.32. The molecule has 2 N–H and O–H groups in total. The van der Waals surface area contributed by atoms with Crippen LogP contribution in [-0.2, 0) is 4.79 Å². The zero-order valence-corrected chi connectivity index (χ0v) is 14.7. The van der Waals surface area contributed by atoms with E-state index in [1.165, 1.54) is 45.6 Å². The van der Waals surface area contributed by atoms with Crippen LogP contribution in [0.3, 0.4) is 0 Å². The minimum atomic E-state index is -0.426. The molecular weight excluding hydrogens is 351 g/mol. The van der Waals surface area contributed by atoms with Gasteiger partial charge in [0.1, 0.15) is 23.1 Å². The summed E-state index contributed by atoms with van der Waals surface area (Å²) in [7, 11) is 4.38. The van der Waals surface area contributed by atoms with E-state index in [1.807, 2.05) is 0 Å². The predicted molar refractivity (Wildman–Crippen MR) is 94.6 cm³/mol. The van der Waals surface area contributed by atoms with Crippen LogP contribution in [0.25, 0.3) is 0 Å². The second-order valence-corrected chi connectivity index (χ2v) is 5.34. The van der Waals surface area contributed by atoms with Crippen LogP contribution in [0.4, 0.5) is 15.8 Å². The third-order valence-electron chi connectivity index (χ3n) is 3.35. The van der Waals surface area contributed by atoms with E-state index in [1.54, 1.807) is 6.07 Å². The zero-order valence-electron chi connectivity index (χ0n) is 14.0. The van der Waals surface area contributed by atoms with Crippen molar-refractivity contribution in [3.05, 3.63) is 41.2 Å². The number of halogens is 2. The lowest BCUT2D eigenvalue weighted by atomic mass is 10.2. The molecule has 0 fully saturated rings. The van der Waals surface area contributed by atoms with Crippen LogP contribution in [0, 0.1) is 5.82 Å². The molecule has 25 heavy (non-hydrogen) atoms. The monoisotopic (exact) mass is 368 g/mol.